The molecule has 0 radical (unpaired) electrons. The van der Waals surface area contributed by atoms with Crippen LogP contribution in [0.3, 0.4) is 0 Å². The van der Waals surface area contributed by atoms with Crippen LogP contribution in [-0.4, -0.2) is 25.6 Å². The van der Waals surface area contributed by atoms with Crippen molar-refractivity contribution >= 4 is 5.91 Å². The molecule has 0 aliphatic carbocycles. The van der Waals surface area contributed by atoms with Gasteiger partial charge >= 0.3 is 5.76 Å². The summed E-state index contributed by atoms with van der Waals surface area (Å²) >= 11 is 0. The third-order valence-corrected chi connectivity index (χ3v) is 3.43. The maximum absolute atomic E-state index is 12.2. The molecule has 0 bridgehead atoms. The van der Waals surface area contributed by atoms with Crippen LogP contribution in [0, 0.1) is 0 Å². The average Bonchev–Trinajstić information content (AvgIpc) is 2.97. The van der Waals surface area contributed by atoms with Gasteiger partial charge in [-0.15, -0.1) is 0 Å². The lowest BCUT2D eigenvalue weighted by atomic mass is 10.1. The number of hydrogen-bond acceptors (Lipinski definition) is 6. The number of nitrogens with zero attached hydrogens (tertiary/aromatic N) is 4. The van der Waals surface area contributed by atoms with E-state index in [2.05, 4.69) is 25.0 Å². The molecule has 0 saturated heterocycles. The van der Waals surface area contributed by atoms with Crippen molar-refractivity contribution in [1.82, 2.24) is 25.0 Å². The summed E-state index contributed by atoms with van der Waals surface area (Å²) in [7, 11) is 0. The number of carbonyl (C=O) groups is 1. The molecule has 0 aliphatic heterocycles. The Hall–Kier alpha value is -3.29. The van der Waals surface area contributed by atoms with E-state index in [1.54, 1.807) is 6.07 Å². The molecular weight excluding hydrogens is 310 g/mol. The van der Waals surface area contributed by atoms with Crippen LogP contribution in [0.4, 0.5) is 0 Å². The minimum atomic E-state index is -0.736. The maximum atomic E-state index is 12.2. The minimum absolute atomic E-state index is 0.114. The zero-order chi connectivity index (χ0) is 16.9. The number of rotatable bonds is 5. The fourth-order valence-electron chi connectivity index (χ4n) is 2.24. The summed E-state index contributed by atoms with van der Waals surface area (Å²) in [6.45, 7) is 1.64. The zero-order valence-corrected chi connectivity index (χ0v) is 12.9. The van der Waals surface area contributed by atoms with Crippen molar-refractivity contribution in [2.24, 2.45) is 0 Å². The first-order valence-corrected chi connectivity index (χ1v) is 7.33. The van der Waals surface area contributed by atoms with E-state index in [4.69, 9.17) is 0 Å². The Balaban J connectivity index is 1.76. The Labute approximate surface area is 137 Å². The fourth-order valence-corrected chi connectivity index (χ4v) is 2.24. The second-order valence-electron chi connectivity index (χ2n) is 5.13. The van der Waals surface area contributed by atoms with E-state index in [-0.39, 0.29) is 30.1 Å². The Morgan fingerprint density at radius 3 is 2.62 bits per heavy atom. The van der Waals surface area contributed by atoms with Crippen molar-refractivity contribution in [1.29, 1.82) is 0 Å². The van der Waals surface area contributed by atoms with Crippen LogP contribution in [0.1, 0.15) is 18.5 Å². The largest absolute Gasteiger partial charge is 0.442 e. The van der Waals surface area contributed by atoms with Crippen molar-refractivity contribution in [3.8, 4) is 11.6 Å². The molecule has 3 aromatic rings. The van der Waals surface area contributed by atoms with Crippen molar-refractivity contribution in [3.05, 3.63) is 64.9 Å². The van der Waals surface area contributed by atoms with Gasteiger partial charge in [-0.1, -0.05) is 35.5 Å². The van der Waals surface area contributed by atoms with Gasteiger partial charge in [-0.25, -0.2) is 19.3 Å². The molecule has 0 spiro atoms. The normalized spacial score (nSPS) is 11.9. The molecule has 1 atom stereocenters. The summed E-state index contributed by atoms with van der Waals surface area (Å²) in [5.74, 6) is -0.746. The van der Waals surface area contributed by atoms with E-state index in [0.29, 0.717) is 0 Å². The molecule has 0 saturated carbocycles. The summed E-state index contributed by atoms with van der Waals surface area (Å²) < 4.78 is 5.74. The average molecular weight is 325 g/mol. The number of benzene rings is 1. The Bertz CT molecular complexity index is 873. The first kappa shape index (κ1) is 15.6. The van der Waals surface area contributed by atoms with E-state index in [0.717, 1.165) is 10.1 Å². The van der Waals surface area contributed by atoms with E-state index >= 15 is 0 Å². The second-order valence-corrected chi connectivity index (χ2v) is 5.13. The van der Waals surface area contributed by atoms with Gasteiger partial charge in [-0.2, -0.15) is 0 Å². The maximum Gasteiger partial charge on any atom is 0.442 e. The van der Waals surface area contributed by atoms with Gasteiger partial charge < -0.3 is 5.32 Å². The Morgan fingerprint density at radius 1 is 1.21 bits per heavy atom. The molecule has 0 aliphatic rings. The molecule has 1 amide bonds. The van der Waals surface area contributed by atoms with Crippen LogP contribution >= 0.6 is 0 Å². The van der Waals surface area contributed by atoms with Crippen molar-refractivity contribution in [2.45, 2.75) is 19.5 Å². The molecule has 2 aromatic heterocycles. The number of nitrogens with one attached hydrogen (secondary N) is 1. The lowest BCUT2D eigenvalue weighted by Gasteiger charge is -2.14. The van der Waals surface area contributed by atoms with Crippen LogP contribution in [-0.2, 0) is 11.3 Å². The first-order valence-electron chi connectivity index (χ1n) is 7.33. The molecule has 24 heavy (non-hydrogen) atoms. The van der Waals surface area contributed by atoms with Gasteiger partial charge in [0.05, 0.1) is 6.04 Å². The summed E-state index contributed by atoms with van der Waals surface area (Å²) in [6.07, 6.45) is 3.03. The molecule has 3 rings (SSSR count). The van der Waals surface area contributed by atoms with Gasteiger partial charge in [-0.05, 0) is 18.6 Å². The van der Waals surface area contributed by atoms with Crippen molar-refractivity contribution < 1.29 is 9.32 Å². The highest BCUT2D eigenvalue weighted by molar-refractivity contribution is 5.76. The zero-order valence-electron chi connectivity index (χ0n) is 12.9. The molecule has 1 aromatic carbocycles. The molecule has 8 nitrogen and oxygen atoms in total. The molecule has 2 heterocycles. The van der Waals surface area contributed by atoms with Gasteiger partial charge in [-0.3, -0.25) is 9.32 Å². The highest BCUT2D eigenvalue weighted by atomic mass is 16.5. The summed E-state index contributed by atoms with van der Waals surface area (Å²) in [5.41, 5.74) is 0.968. The third kappa shape index (κ3) is 3.37. The summed E-state index contributed by atoms with van der Waals surface area (Å²) in [4.78, 5) is 32.1. The van der Waals surface area contributed by atoms with Gasteiger partial charge in [0, 0.05) is 12.4 Å². The standard InChI is InChI=1S/C16H15N5O3/c1-11(12-6-3-2-4-7-12)19-13(22)10-21-15(20-24-16(21)23)14-17-8-5-9-18-14/h2-9,11H,10H2,1H3,(H,19,22)/t11-/m0/s1. The predicted molar refractivity (Wildman–Crippen MR) is 84.8 cm³/mol. The highest BCUT2D eigenvalue weighted by Gasteiger charge is 2.18. The molecule has 1 N–H and O–H groups in total. The smallest absolute Gasteiger partial charge is 0.348 e. The SMILES string of the molecule is C[C@H](NC(=O)Cn1c(-c2ncccn2)noc1=O)c1ccccc1. The monoisotopic (exact) mass is 325 g/mol. The van der Waals surface area contributed by atoms with Gasteiger partial charge in [0.25, 0.3) is 0 Å². The van der Waals surface area contributed by atoms with E-state index in [1.165, 1.54) is 12.4 Å². The van der Waals surface area contributed by atoms with Gasteiger partial charge in [0.2, 0.25) is 11.7 Å². The predicted octanol–water partition coefficient (Wildman–Crippen LogP) is 1.17. The first-order chi connectivity index (χ1) is 11.6. The molecule has 0 unspecified atom stereocenters. The van der Waals surface area contributed by atoms with Crippen LogP contribution in [0.2, 0.25) is 0 Å². The van der Waals surface area contributed by atoms with E-state index < -0.39 is 5.76 Å². The summed E-state index contributed by atoms with van der Waals surface area (Å²) in [6, 6.07) is 11.0. The van der Waals surface area contributed by atoms with Gasteiger partial charge in [0.15, 0.2) is 5.82 Å². The van der Waals surface area contributed by atoms with Crippen LogP contribution < -0.4 is 11.1 Å². The lowest BCUT2D eigenvalue weighted by molar-refractivity contribution is -0.122. The van der Waals surface area contributed by atoms with Crippen LogP contribution in [0.15, 0.2) is 58.1 Å². The molecule has 0 fully saturated rings. The Kier molecular flexibility index (Phi) is 4.46. The lowest BCUT2D eigenvalue weighted by Crippen LogP contribution is -2.33. The number of aromatic nitrogens is 4. The fraction of sp³-hybridized carbons (Fsp3) is 0.188. The molecular formula is C16H15N5O3. The van der Waals surface area contributed by atoms with Gasteiger partial charge in [0.1, 0.15) is 6.54 Å². The Morgan fingerprint density at radius 2 is 1.92 bits per heavy atom. The third-order valence-electron chi connectivity index (χ3n) is 3.43. The minimum Gasteiger partial charge on any atom is -0.348 e. The van der Waals surface area contributed by atoms with Crippen LogP contribution in [0.5, 0.6) is 0 Å². The highest BCUT2D eigenvalue weighted by Crippen LogP contribution is 2.12. The van der Waals surface area contributed by atoms with E-state index in [1.807, 2.05) is 37.3 Å². The molecule has 8 heteroatoms. The number of amides is 1. The molecule has 122 valence electrons. The van der Waals surface area contributed by atoms with Crippen molar-refractivity contribution in [3.63, 3.8) is 0 Å². The van der Waals surface area contributed by atoms with Crippen LogP contribution in [0.25, 0.3) is 11.6 Å². The topological polar surface area (TPSA) is 103 Å². The second kappa shape index (κ2) is 6.86. The van der Waals surface area contributed by atoms with E-state index in [9.17, 15) is 9.59 Å². The number of carbonyl (C=O) groups excluding carboxylic acids is 1. The van der Waals surface area contributed by atoms with Crippen molar-refractivity contribution in [2.75, 3.05) is 0 Å². The number of hydrogen-bond donors (Lipinski definition) is 1. The quantitative estimate of drug-likeness (QED) is 0.755. The summed E-state index contributed by atoms with van der Waals surface area (Å²) in [5, 5.41) is 6.48.